The lowest BCUT2D eigenvalue weighted by molar-refractivity contribution is 0.281. The van der Waals surface area contributed by atoms with E-state index in [4.69, 9.17) is 15.2 Å². The van der Waals surface area contributed by atoms with E-state index in [-0.39, 0.29) is 6.04 Å². The van der Waals surface area contributed by atoms with E-state index in [0.717, 1.165) is 27.2 Å². The molecule has 114 valence electrons. The fraction of sp³-hybridized carbons (Fsp3) is 0.400. The van der Waals surface area contributed by atoms with Crippen LogP contribution in [0.15, 0.2) is 22.0 Å². The number of hydrogen-bond acceptors (Lipinski definition) is 5. The summed E-state index contributed by atoms with van der Waals surface area (Å²) in [6, 6.07) is 4.09. The molecule has 1 aromatic heterocycles. The fourth-order valence-corrected chi connectivity index (χ4v) is 3.29. The maximum atomic E-state index is 5.86. The third kappa shape index (κ3) is 4.43. The zero-order valence-electron chi connectivity index (χ0n) is 12.4. The monoisotopic (exact) mass is 370 g/mol. The average Bonchev–Trinajstić information content (AvgIpc) is 2.82. The minimum atomic E-state index is 0.103. The predicted octanol–water partition coefficient (Wildman–Crippen LogP) is 3.69. The van der Waals surface area contributed by atoms with E-state index in [1.165, 1.54) is 0 Å². The third-order valence-electron chi connectivity index (χ3n) is 2.85. The maximum Gasteiger partial charge on any atom is 0.175 e. The lowest BCUT2D eigenvalue weighted by Gasteiger charge is -2.14. The molecule has 1 heterocycles. The number of aryl methyl sites for hydroxylation is 1. The van der Waals surface area contributed by atoms with E-state index in [1.54, 1.807) is 18.4 Å². The van der Waals surface area contributed by atoms with Gasteiger partial charge in [0.2, 0.25) is 0 Å². The number of halogens is 1. The number of thiazole rings is 1. The van der Waals surface area contributed by atoms with Gasteiger partial charge in [0.25, 0.3) is 0 Å². The summed E-state index contributed by atoms with van der Waals surface area (Å²) < 4.78 is 12.2. The molecule has 2 aromatic rings. The molecule has 1 unspecified atom stereocenters. The van der Waals surface area contributed by atoms with Crippen LogP contribution in [0.5, 0.6) is 11.5 Å². The van der Waals surface area contributed by atoms with Crippen molar-refractivity contribution in [2.24, 2.45) is 5.73 Å². The molecule has 0 aliphatic carbocycles. The largest absolute Gasteiger partial charge is 0.493 e. The van der Waals surface area contributed by atoms with Crippen molar-refractivity contribution in [2.75, 3.05) is 7.11 Å². The van der Waals surface area contributed by atoms with Crippen molar-refractivity contribution in [1.29, 1.82) is 0 Å². The minimum absolute atomic E-state index is 0.103. The number of rotatable bonds is 6. The molecule has 2 N–H and O–H groups in total. The number of aromatic nitrogens is 1. The lowest BCUT2D eigenvalue weighted by atomic mass is 10.1. The molecule has 0 saturated heterocycles. The molecule has 6 heteroatoms. The van der Waals surface area contributed by atoms with Crippen molar-refractivity contribution in [3.63, 3.8) is 0 Å². The molecule has 0 aliphatic rings. The van der Waals surface area contributed by atoms with Gasteiger partial charge in [-0.25, -0.2) is 4.98 Å². The molecule has 0 radical (unpaired) electrons. The first-order valence-corrected chi connectivity index (χ1v) is 8.32. The third-order valence-corrected chi connectivity index (χ3v) is 4.38. The Balaban J connectivity index is 2.18. The SMILES string of the molecule is COc1cc(CC(C)N)cc(Br)c1OCc1nc(C)cs1. The summed E-state index contributed by atoms with van der Waals surface area (Å²) in [5, 5.41) is 2.96. The number of nitrogens with two attached hydrogens (primary N) is 1. The molecule has 21 heavy (non-hydrogen) atoms. The Morgan fingerprint density at radius 3 is 2.76 bits per heavy atom. The molecule has 2 rings (SSSR count). The average molecular weight is 371 g/mol. The van der Waals surface area contributed by atoms with Crippen molar-refractivity contribution in [3.8, 4) is 11.5 Å². The summed E-state index contributed by atoms with van der Waals surface area (Å²) in [5.41, 5.74) is 7.97. The second-order valence-corrected chi connectivity index (χ2v) is 6.76. The van der Waals surface area contributed by atoms with Crippen LogP contribution in [0.4, 0.5) is 0 Å². The molecule has 4 nitrogen and oxygen atoms in total. The first-order valence-electron chi connectivity index (χ1n) is 6.65. The predicted molar refractivity (Wildman–Crippen MR) is 89.2 cm³/mol. The Morgan fingerprint density at radius 1 is 1.43 bits per heavy atom. The lowest BCUT2D eigenvalue weighted by Crippen LogP contribution is -2.17. The molecular weight excluding hydrogens is 352 g/mol. The van der Waals surface area contributed by atoms with Crippen LogP contribution in [0, 0.1) is 6.92 Å². The summed E-state index contributed by atoms with van der Waals surface area (Å²) in [6.45, 7) is 4.38. The highest BCUT2D eigenvalue weighted by molar-refractivity contribution is 9.10. The van der Waals surface area contributed by atoms with Gasteiger partial charge in [0.05, 0.1) is 11.6 Å². The van der Waals surface area contributed by atoms with Gasteiger partial charge in [-0.3, -0.25) is 0 Å². The Bertz CT molecular complexity index is 614. The summed E-state index contributed by atoms with van der Waals surface area (Å²) in [4.78, 5) is 4.39. The Morgan fingerprint density at radius 2 is 2.19 bits per heavy atom. The zero-order valence-corrected chi connectivity index (χ0v) is 14.8. The van der Waals surface area contributed by atoms with Gasteiger partial charge in [0.15, 0.2) is 11.5 Å². The molecule has 0 aliphatic heterocycles. The van der Waals surface area contributed by atoms with Gasteiger partial charge in [-0.2, -0.15) is 0 Å². The first-order chi connectivity index (χ1) is 9.99. The Hall–Kier alpha value is -1.11. The molecule has 0 bridgehead atoms. The normalized spacial score (nSPS) is 12.2. The number of benzene rings is 1. The van der Waals surface area contributed by atoms with Crippen molar-refractivity contribution in [3.05, 3.63) is 38.3 Å². The molecule has 1 atom stereocenters. The van der Waals surface area contributed by atoms with Crippen LogP contribution in [0.1, 0.15) is 23.2 Å². The van der Waals surface area contributed by atoms with Crippen LogP contribution in [0.2, 0.25) is 0 Å². The minimum Gasteiger partial charge on any atom is -0.493 e. The highest BCUT2D eigenvalue weighted by atomic mass is 79.9. The van der Waals surface area contributed by atoms with Crippen molar-refractivity contribution >= 4 is 27.3 Å². The highest BCUT2D eigenvalue weighted by Gasteiger charge is 2.13. The van der Waals surface area contributed by atoms with E-state index < -0.39 is 0 Å². The van der Waals surface area contributed by atoms with E-state index in [2.05, 4.69) is 20.9 Å². The van der Waals surface area contributed by atoms with Crippen molar-refractivity contribution < 1.29 is 9.47 Å². The molecule has 0 saturated carbocycles. The second kappa shape index (κ2) is 7.24. The van der Waals surface area contributed by atoms with E-state index in [1.807, 2.05) is 31.4 Å². The van der Waals surface area contributed by atoms with Crippen LogP contribution in [-0.4, -0.2) is 18.1 Å². The van der Waals surface area contributed by atoms with Gasteiger partial charge in [-0.05, 0) is 53.9 Å². The van der Waals surface area contributed by atoms with Crippen molar-refractivity contribution in [1.82, 2.24) is 4.98 Å². The fourth-order valence-electron chi connectivity index (χ4n) is 2.01. The molecule has 0 fully saturated rings. The summed E-state index contributed by atoms with van der Waals surface area (Å²) in [7, 11) is 1.64. The summed E-state index contributed by atoms with van der Waals surface area (Å²) in [5.74, 6) is 1.40. The van der Waals surface area contributed by atoms with E-state index >= 15 is 0 Å². The zero-order chi connectivity index (χ0) is 15.4. The van der Waals surface area contributed by atoms with Crippen molar-refractivity contribution in [2.45, 2.75) is 32.9 Å². The van der Waals surface area contributed by atoms with Gasteiger partial charge >= 0.3 is 0 Å². The Labute approximate surface area is 137 Å². The molecule has 1 aromatic carbocycles. The number of ether oxygens (including phenoxy) is 2. The highest BCUT2D eigenvalue weighted by Crippen LogP contribution is 2.37. The van der Waals surface area contributed by atoms with Crippen LogP contribution in [0.25, 0.3) is 0 Å². The second-order valence-electron chi connectivity index (χ2n) is 4.96. The smallest absolute Gasteiger partial charge is 0.175 e. The maximum absolute atomic E-state index is 5.86. The number of methoxy groups -OCH3 is 1. The van der Waals surface area contributed by atoms with Gasteiger partial charge in [0.1, 0.15) is 11.6 Å². The Kier molecular flexibility index (Phi) is 5.61. The summed E-state index contributed by atoms with van der Waals surface area (Å²) >= 11 is 5.14. The van der Waals surface area contributed by atoms with Crippen LogP contribution >= 0.6 is 27.3 Å². The summed E-state index contributed by atoms with van der Waals surface area (Å²) in [6.07, 6.45) is 0.793. The quantitative estimate of drug-likeness (QED) is 0.842. The molecule has 0 amide bonds. The van der Waals surface area contributed by atoms with Crippen LogP contribution in [-0.2, 0) is 13.0 Å². The van der Waals surface area contributed by atoms with Crippen LogP contribution < -0.4 is 15.2 Å². The van der Waals surface area contributed by atoms with E-state index in [0.29, 0.717) is 18.1 Å². The van der Waals surface area contributed by atoms with Crippen LogP contribution in [0.3, 0.4) is 0 Å². The van der Waals surface area contributed by atoms with Gasteiger partial charge in [0, 0.05) is 17.1 Å². The first kappa shape index (κ1) is 16.3. The van der Waals surface area contributed by atoms with E-state index in [9.17, 15) is 0 Å². The molecular formula is C15H19BrN2O2S. The topological polar surface area (TPSA) is 57.4 Å². The molecule has 0 spiro atoms. The number of nitrogens with zero attached hydrogens (tertiary/aromatic N) is 1. The van der Waals surface area contributed by atoms with Gasteiger partial charge < -0.3 is 15.2 Å². The van der Waals surface area contributed by atoms with Gasteiger partial charge in [-0.15, -0.1) is 11.3 Å². The number of hydrogen-bond donors (Lipinski definition) is 1. The van der Waals surface area contributed by atoms with Gasteiger partial charge in [-0.1, -0.05) is 0 Å². The standard InChI is InChI=1S/C15H19BrN2O2S/c1-9(17)4-11-5-12(16)15(13(6-11)19-3)20-7-14-18-10(2)8-21-14/h5-6,8-9H,4,7,17H2,1-3H3.